The molecule has 0 bridgehead atoms. The van der Waals surface area contributed by atoms with Crippen molar-refractivity contribution >= 4 is 40.5 Å². The van der Waals surface area contributed by atoms with Crippen LogP contribution in [-0.4, -0.2) is 19.0 Å². The Kier molecular flexibility index (Phi) is 5.66. The number of hydrogen-bond donors (Lipinski definition) is 0. The molecule has 146 valence electrons. The number of nitrogens with zero attached hydrogens (tertiary/aromatic N) is 1. The third-order valence-corrected chi connectivity index (χ3v) is 4.87. The lowest BCUT2D eigenvalue weighted by Gasteiger charge is -2.11. The van der Waals surface area contributed by atoms with Gasteiger partial charge in [0.15, 0.2) is 23.0 Å². The normalized spacial score (nSPS) is 14.6. The smallest absolute Gasteiger partial charge is 0.363 e. The molecule has 7 heteroatoms. The van der Waals surface area contributed by atoms with E-state index in [1.165, 1.54) is 9.83 Å². The lowest BCUT2D eigenvalue weighted by molar-refractivity contribution is -0.130. The summed E-state index contributed by atoms with van der Waals surface area (Å²) in [5.41, 5.74) is 1.98. The summed E-state index contributed by atoms with van der Waals surface area (Å²) in [5, 5.41) is 0. The fourth-order valence-corrected chi connectivity index (χ4v) is 3.07. The first-order valence-corrected chi connectivity index (χ1v) is 9.82. The molecule has 0 amide bonds. The van der Waals surface area contributed by atoms with Gasteiger partial charge in [-0.15, -0.1) is 0 Å². The summed E-state index contributed by atoms with van der Waals surface area (Å²) in [6, 6.07) is 16.9. The molecule has 0 aliphatic carbocycles. The van der Waals surface area contributed by atoms with Crippen LogP contribution in [0.15, 0.2) is 76.0 Å². The van der Waals surface area contributed by atoms with Crippen LogP contribution >= 0.6 is 22.6 Å². The van der Waals surface area contributed by atoms with Crippen molar-refractivity contribution in [2.75, 3.05) is 7.11 Å². The van der Waals surface area contributed by atoms with Gasteiger partial charge < -0.3 is 18.6 Å². The van der Waals surface area contributed by atoms with Gasteiger partial charge in [0.2, 0.25) is 0 Å². The van der Waals surface area contributed by atoms with Gasteiger partial charge in [-0.1, -0.05) is 18.2 Å². The number of cyclic esters (lactones) is 1. The minimum absolute atomic E-state index is 0.149. The van der Waals surface area contributed by atoms with E-state index < -0.39 is 5.97 Å². The monoisotopic (exact) mass is 501 g/mol. The Hall–Kier alpha value is -3.07. The van der Waals surface area contributed by atoms with E-state index >= 15 is 0 Å². The molecule has 0 N–H and O–H groups in total. The summed E-state index contributed by atoms with van der Waals surface area (Å²) in [7, 11) is 1.57. The maximum atomic E-state index is 12.1. The number of methoxy groups -OCH3 is 1. The predicted molar refractivity (Wildman–Crippen MR) is 116 cm³/mol. The molecule has 0 saturated heterocycles. The Morgan fingerprint density at radius 3 is 2.66 bits per heavy atom. The van der Waals surface area contributed by atoms with E-state index in [9.17, 15) is 4.79 Å². The number of halogens is 1. The van der Waals surface area contributed by atoms with Crippen LogP contribution in [0.5, 0.6) is 11.5 Å². The van der Waals surface area contributed by atoms with E-state index in [4.69, 9.17) is 18.6 Å². The minimum atomic E-state index is -0.533. The average Bonchev–Trinajstić information content (AvgIpc) is 3.38. The summed E-state index contributed by atoms with van der Waals surface area (Å²) >= 11 is 2.26. The molecule has 4 rings (SSSR count). The van der Waals surface area contributed by atoms with Gasteiger partial charge in [0.05, 0.1) is 13.4 Å². The van der Waals surface area contributed by atoms with Gasteiger partial charge in [-0.2, -0.15) is 0 Å². The zero-order valence-corrected chi connectivity index (χ0v) is 17.6. The van der Waals surface area contributed by atoms with Gasteiger partial charge in [-0.3, -0.25) is 0 Å². The number of hydrogen-bond acceptors (Lipinski definition) is 6. The maximum Gasteiger partial charge on any atom is 0.363 e. The zero-order chi connectivity index (χ0) is 20.2. The highest BCUT2D eigenvalue weighted by atomic mass is 127. The summed E-state index contributed by atoms with van der Waals surface area (Å²) in [6.45, 7) is 0.427. The fourth-order valence-electron chi connectivity index (χ4n) is 2.71. The van der Waals surface area contributed by atoms with Crippen molar-refractivity contribution in [3.63, 3.8) is 0 Å². The lowest BCUT2D eigenvalue weighted by Crippen LogP contribution is -2.04. The van der Waals surface area contributed by atoms with Crippen LogP contribution in [-0.2, 0) is 16.1 Å². The molecule has 1 aliphatic rings. The maximum absolute atomic E-state index is 12.1. The van der Waals surface area contributed by atoms with Gasteiger partial charge in [-0.05, 0) is 76.2 Å². The van der Waals surface area contributed by atoms with Crippen LogP contribution in [0.4, 0.5) is 0 Å². The second-order valence-electron chi connectivity index (χ2n) is 6.14. The van der Waals surface area contributed by atoms with Crippen molar-refractivity contribution in [1.29, 1.82) is 0 Å². The van der Waals surface area contributed by atoms with Crippen LogP contribution in [0.25, 0.3) is 6.08 Å². The van der Waals surface area contributed by atoms with Gasteiger partial charge in [0.1, 0.15) is 6.61 Å². The summed E-state index contributed by atoms with van der Waals surface area (Å²) in [6.07, 6.45) is 3.12. The SMILES string of the molecule is COc1cc(/C=C2\N=C(c3ccco3)OC2=O)ccc1OCc1ccc(I)cc1. The van der Waals surface area contributed by atoms with Crippen LogP contribution in [0.3, 0.4) is 0 Å². The number of ether oxygens (including phenoxy) is 3. The zero-order valence-electron chi connectivity index (χ0n) is 15.4. The molecule has 3 aromatic rings. The molecule has 6 nitrogen and oxygen atoms in total. The highest BCUT2D eigenvalue weighted by Crippen LogP contribution is 2.30. The summed E-state index contributed by atoms with van der Waals surface area (Å²) < 4.78 is 22.9. The molecule has 1 aromatic heterocycles. The van der Waals surface area contributed by atoms with Gasteiger partial charge in [0.25, 0.3) is 5.90 Å². The molecular formula is C22H16INO5. The second kappa shape index (κ2) is 8.52. The van der Waals surface area contributed by atoms with Gasteiger partial charge in [0, 0.05) is 3.57 Å². The molecule has 0 spiro atoms. The van der Waals surface area contributed by atoms with Crippen LogP contribution in [0.1, 0.15) is 16.9 Å². The first kappa shape index (κ1) is 19.3. The molecular weight excluding hydrogens is 485 g/mol. The Bertz CT molecular complexity index is 1080. The molecule has 0 unspecified atom stereocenters. The molecule has 0 saturated carbocycles. The number of benzene rings is 2. The van der Waals surface area contributed by atoms with E-state index in [-0.39, 0.29) is 11.6 Å². The Balaban J connectivity index is 1.52. The van der Waals surface area contributed by atoms with Crippen LogP contribution in [0, 0.1) is 3.57 Å². The van der Waals surface area contributed by atoms with Gasteiger partial charge in [-0.25, -0.2) is 9.79 Å². The van der Waals surface area contributed by atoms with Crippen molar-refractivity contribution in [1.82, 2.24) is 0 Å². The Labute approximate surface area is 180 Å². The second-order valence-corrected chi connectivity index (χ2v) is 7.38. The Morgan fingerprint density at radius 1 is 1.10 bits per heavy atom. The van der Waals surface area contributed by atoms with E-state index in [0.717, 1.165) is 11.1 Å². The molecule has 29 heavy (non-hydrogen) atoms. The first-order chi connectivity index (χ1) is 14.1. The molecule has 1 aliphatic heterocycles. The van der Waals surface area contributed by atoms with Crippen molar-refractivity contribution in [2.24, 2.45) is 4.99 Å². The topological polar surface area (TPSA) is 70.3 Å². The standard InChI is InChI=1S/C22H16INO5/c1-26-20-12-15(6-9-18(20)28-13-14-4-7-16(23)8-5-14)11-17-22(25)29-21(24-17)19-3-2-10-27-19/h2-12H,13H2,1H3/b17-11-. The largest absolute Gasteiger partial charge is 0.493 e. The molecule has 2 heterocycles. The fraction of sp³-hybridized carbons (Fsp3) is 0.0909. The molecule has 0 atom stereocenters. The molecule has 0 fully saturated rings. The van der Waals surface area contributed by atoms with Crippen molar-refractivity contribution < 1.29 is 23.4 Å². The predicted octanol–water partition coefficient (Wildman–Crippen LogP) is 4.82. The minimum Gasteiger partial charge on any atom is -0.493 e. The molecule has 0 radical (unpaired) electrons. The summed E-state index contributed by atoms with van der Waals surface area (Å²) in [4.78, 5) is 16.3. The van der Waals surface area contributed by atoms with E-state index in [2.05, 4.69) is 27.6 Å². The quantitative estimate of drug-likeness (QED) is 0.275. The number of carbonyl (C=O) groups excluding carboxylic acids is 1. The van der Waals surface area contributed by atoms with E-state index in [1.807, 2.05) is 30.3 Å². The van der Waals surface area contributed by atoms with E-state index in [0.29, 0.717) is 23.9 Å². The van der Waals surface area contributed by atoms with Crippen molar-refractivity contribution in [2.45, 2.75) is 6.61 Å². The van der Waals surface area contributed by atoms with Crippen molar-refractivity contribution in [3.05, 3.63) is 87.0 Å². The van der Waals surface area contributed by atoms with Crippen molar-refractivity contribution in [3.8, 4) is 11.5 Å². The van der Waals surface area contributed by atoms with Crippen LogP contribution < -0.4 is 9.47 Å². The number of aliphatic imine (C=N–C) groups is 1. The third kappa shape index (κ3) is 4.51. The first-order valence-electron chi connectivity index (χ1n) is 8.74. The third-order valence-electron chi connectivity index (χ3n) is 4.15. The number of rotatable bonds is 6. The molecule has 2 aromatic carbocycles. The Morgan fingerprint density at radius 2 is 1.93 bits per heavy atom. The highest BCUT2D eigenvalue weighted by Gasteiger charge is 2.25. The number of furan rings is 1. The number of esters is 1. The highest BCUT2D eigenvalue weighted by molar-refractivity contribution is 14.1. The summed E-state index contributed by atoms with van der Waals surface area (Å²) in [5.74, 6) is 1.19. The number of carbonyl (C=O) groups is 1. The van der Waals surface area contributed by atoms with Gasteiger partial charge >= 0.3 is 5.97 Å². The van der Waals surface area contributed by atoms with E-state index in [1.54, 1.807) is 37.5 Å². The lowest BCUT2D eigenvalue weighted by atomic mass is 10.1. The average molecular weight is 501 g/mol. The van der Waals surface area contributed by atoms with Crippen LogP contribution in [0.2, 0.25) is 0 Å².